The Morgan fingerprint density at radius 2 is 1.76 bits per heavy atom. The fourth-order valence-electron chi connectivity index (χ4n) is 3.70. The molecule has 0 fully saturated rings. The van der Waals surface area contributed by atoms with Gasteiger partial charge >= 0.3 is 0 Å². The molecule has 4 aromatic rings. The Morgan fingerprint density at radius 1 is 0.897 bits per heavy atom. The van der Waals surface area contributed by atoms with E-state index < -0.39 is 0 Å². The Labute approximate surface area is 168 Å². The number of carbonyl (C=O) groups excluding carboxylic acids is 1. The zero-order valence-corrected chi connectivity index (χ0v) is 15.7. The fraction of sp³-hybridized carbons (Fsp3) is 0.130. The summed E-state index contributed by atoms with van der Waals surface area (Å²) in [5, 5.41) is 12.3. The molecule has 1 aliphatic rings. The zero-order valence-electron chi connectivity index (χ0n) is 15.7. The molecule has 6 nitrogen and oxygen atoms in total. The number of para-hydroxylation sites is 1. The van der Waals surface area contributed by atoms with Crippen LogP contribution in [0.4, 0.5) is 11.5 Å². The largest absolute Gasteiger partial charge is 0.350 e. The number of carbonyl (C=O) groups is 1. The molecular formula is C23H19N5O. The number of benzene rings is 2. The molecule has 0 aliphatic carbocycles. The van der Waals surface area contributed by atoms with Crippen LogP contribution in [0.1, 0.15) is 21.6 Å². The van der Waals surface area contributed by atoms with E-state index in [1.807, 2.05) is 36.4 Å². The molecule has 1 N–H and O–H groups in total. The van der Waals surface area contributed by atoms with Crippen molar-refractivity contribution in [3.05, 3.63) is 89.7 Å². The van der Waals surface area contributed by atoms with Gasteiger partial charge in [-0.05, 0) is 41.8 Å². The lowest BCUT2D eigenvalue weighted by molar-refractivity contribution is 0.102. The van der Waals surface area contributed by atoms with E-state index in [0.29, 0.717) is 5.69 Å². The van der Waals surface area contributed by atoms with Crippen molar-refractivity contribution in [2.75, 3.05) is 16.8 Å². The van der Waals surface area contributed by atoms with E-state index in [9.17, 15) is 4.79 Å². The van der Waals surface area contributed by atoms with Gasteiger partial charge in [0.05, 0.1) is 11.2 Å². The molecule has 0 unspecified atom stereocenters. The second-order valence-corrected chi connectivity index (χ2v) is 7.05. The Bertz CT molecular complexity index is 1180. The Hall–Kier alpha value is -3.80. The SMILES string of the molecule is O=C(Nc1cccc2cccnc12)c1ccc(N2CCc3ccccc3C2)nn1. The van der Waals surface area contributed by atoms with Crippen molar-refractivity contribution in [3.8, 4) is 0 Å². The maximum absolute atomic E-state index is 12.7. The van der Waals surface area contributed by atoms with Crippen molar-refractivity contribution < 1.29 is 4.79 Å². The Morgan fingerprint density at radius 3 is 2.62 bits per heavy atom. The average Bonchev–Trinajstić information content (AvgIpc) is 2.79. The maximum atomic E-state index is 12.7. The number of amides is 1. The first-order chi connectivity index (χ1) is 14.3. The molecule has 3 heterocycles. The number of rotatable bonds is 3. The molecule has 1 aliphatic heterocycles. The Balaban J connectivity index is 1.33. The van der Waals surface area contributed by atoms with Gasteiger partial charge in [-0.15, -0.1) is 10.2 Å². The van der Waals surface area contributed by atoms with Gasteiger partial charge < -0.3 is 10.2 Å². The summed E-state index contributed by atoms with van der Waals surface area (Å²) >= 11 is 0. The van der Waals surface area contributed by atoms with Crippen LogP contribution in [0.3, 0.4) is 0 Å². The van der Waals surface area contributed by atoms with Crippen LogP contribution in [-0.4, -0.2) is 27.6 Å². The number of anilines is 2. The van der Waals surface area contributed by atoms with Gasteiger partial charge in [-0.3, -0.25) is 9.78 Å². The quantitative estimate of drug-likeness (QED) is 0.584. The molecule has 1 amide bonds. The van der Waals surface area contributed by atoms with Crippen molar-refractivity contribution in [2.24, 2.45) is 0 Å². The van der Waals surface area contributed by atoms with Crippen LogP contribution >= 0.6 is 0 Å². The first-order valence-corrected chi connectivity index (χ1v) is 9.58. The number of pyridine rings is 1. The lowest BCUT2D eigenvalue weighted by atomic mass is 10.00. The van der Waals surface area contributed by atoms with Gasteiger partial charge in [-0.1, -0.05) is 42.5 Å². The minimum absolute atomic E-state index is 0.277. The number of hydrogen-bond donors (Lipinski definition) is 1. The summed E-state index contributed by atoms with van der Waals surface area (Å²) in [6.07, 6.45) is 2.69. The molecule has 5 rings (SSSR count). The normalized spacial score (nSPS) is 13.2. The Kier molecular flexibility index (Phi) is 4.37. The molecule has 29 heavy (non-hydrogen) atoms. The zero-order chi connectivity index (χ0) is 19.6. The fourth-order valence-corrected chi connectivity index (χ4v) is 3.70. The van der Waals surface area contributed by atoms with Crippen LogP contribution in [0.2, 0.25) is 0 Å². The molecular weight excluding hydrogens is 362 g/mol. The molecule has 0 spiro atoms. The van der Waals surface area contributed by atoms with Gasteiger partial charge in [0.25, 0.3) is 5.91 Å². The molecule has 6 heteroatoms. The van der Waals surface area contributed by atoms with Crippen LogP contribution < -0.4 is 10.2 Å². The topological polar surface area (TPSA) is 71.0 Å². The van der Waals surface area contributed by atoms with Crippen LogP contribution in [-0.2, 0) is 13.0 Å². The summed E-state index contributed by atoms with van der Waals surface area (Å²) in [5.74, 6) is 0.481. The highest BCUT2D eigenvalue weighted by Crippen LogP contribution is 2.23. The van der Waals surface area contributed by atoms with E-state index in [0.717, 1.165) is 36.2 Å². The molecule has 0 atom stereocenters. The van der Waals surface area contributed by atoms with Crippen molar-refractivity contribution in [3.63, 3.8) is 0 Å². The lowest BCUT2D eigenvalue weighted by Gasteiger charge is -2.29. The predicted molar refractivity (Wildman–Crippen MR) is 113 cm³/mol. The molecule has 142 valence electrons. The summed E-state index contributed by atoms with van der Waals surface area (Å²) in [4.78, 5) is 19.2. The minimum atomic E-state index is -0.300. The number of nitrogens with one attached hydrogen (secondary N) is 1. The second kappa shape index (κ2) is 7.31. The van der Waals surface area contributed by atoms with Crippen LogP contribution in [0, 0.1) is 0 Å². The van der Waals surface area contributed by atoms with Gasteiger partial charge in [0.1, 0.15) is 0 Å². The van der Waals surface area contributed by atoms with E-state index in [4.69, 9.17) is 0 Å². The molecule has 2 aromatic carbocycles. The summed E-state index contributed by atoms with van der Waals surface area (Å²) in [7, 11) is 0. The highest BCUT2D eigenvalue weighted by atomic mass is 16.1. The predicted octanol–water partition coefficient (Wildman–Crippen LogP) is 3.84. The van der Waals surface area contributed by atoms with Crippen molar-refractivity contribution in [1.82, 2.24) is 15.2 Å². The molecule has 0 saturated heterocycles. The van der Waals surface area contributed by atoms with Crippen LogP contribution in [0.5, 0.6) is 0 Å². The highest BCUT2D eigenvalue weighted by Gasteiger charge is 2.18. The standard InChI is InChI=1S/C23H19N5O/c29-23(25-19-9-3-7-17-8-4-13-24-22(17)19)20-10-11-21(27-26-20)28-14-12-16-5-1-2-6-18(16)15-28/h1-11,13H,12,14-15H2,(H,25,29). The van der Waals surface area contributed by atoms with Crippen LogP contribution in [0.15, 0.2) is 72.9 Å². The van der Waals surface area contributed by atoms with Gasteiger partial charge in [-0.25, -0.2) is 0 Å². The first kappa shape index (κ1) is 17.3. The number of aromatic nitrogens is 3. The van der Waals surface area contributed by atoms with Crippen molar-refractivity contribution in [1.29, 1.82) is 0 Å². The van der Waals surface area contributed by atoms with Crippen molar-refractivity contribution in [2.45, 2.75) is 13.0 Å². The third kappa shape index (κ3) is 3.40. The molecule has 0 saturated carbocycles. The minimum Gasteiger partial charge on any atom is -0.350 e. The van der Waals surface area contributed by atoms with E-state index in [1.54, 1.807) is 12.3 Å². The summed E-state index contributed by atoms with van der Waals surface area (Å²) in [6, 6.07) is 21.6. The first-order valence-electron chi connectivity index (χ1n) is 9.58. The lowest BCUT2D eigenvalue weighted by Crippen LogP contribution is -2.31. The number of hydrogen-bond acceptors (Lipinski definition) is 5. The second-order valence-electron chi connectivity index (χ2n) is 7.05. The third-order valence-electron chi connectivity index (χ3n) is 5.22. The highest BCUT2D eigenvalue weighted by molar-refractivity contribution is 6.07. The third-order valence-corrected chi connectivity index (χ3v) is 5.22. The van der Waals surface area contributed by atoms with Crippen LogP contribution in [0.25, 0.3) is 10.9 Å². The summed E-state index contributed by atoms with van der Waals surface area (Å²) < 4.78 is 0. The van der Waals surface area contributed by atoms with E-state index in [-0.39, 0.29) is 11.6 Å². The maximum Gasteiger partial charge on any atom is 0.276 e. The van der Waals surface area contributed by atoms with E-state index in [1.165, 1.54) is 11.1 Å². The van der Waals surface area contributed by atoms with Crippen molar-refractivity contribution >= 4 is 28.3 Å². The molecule has 0 bridgehead atoms. The summed E-state index contributed by atoms with van der Waals surface area (Å²) in [5.41, 5.74) is 4.38. The van der Waals surface area contributed by atoms with Gasteiger partial charge in [0.2, 0.25) is 0 Å². The van der Waals surface area contributed by atoms with Gasteiger partial charge in [0.15, 0.2) is 11.5 Å². The smallest absolute Gasteiger partial charge is 0.276 e. The number of nitrogens with zero attached hydrogens (tertiary/aromatic N) is 4. The molecule has 0 radical (unpaired) electrons. The van der Waals surface area contributed by atoms with Gasteiger partial charge in [-0.2, -0.15) is 0 Å². The average molecular weight is 381 g/mol. The van der Waals surface area contributed by atoms with E-state index >= 15 is 0 Å². The monoisotopic (exact) mass is 381 g/mol. The van der Waals surface area contributed by atoms with E-state index in [2.05, 4.69) is 49.7 Å². The van der Waals surface area contributed by atoms with Gasteiger partial charge in [0, 0.05) is 24.7 Å². The molecule has 2 aromatic heterocycles. The number of fused-ring (bicyclic) bond motifs is 2. The summed E-state index contributed by atoms with van der Waals surface area (Å²) in [6.45, 7) is 1.69.